The number of aryl methyl sites for hydroxylation is 2. The van der Waals surface area contributed by atoms with Crippen LogP contribution in [0.5, 0.6) is 5.75 Å². The Morgan fingerprint density at radius 1 is 1.24 bits per heavy atom. The van der Waals surface area contributed by atoms with Gasteiger partial charge in [0.05, 0.1) is 60.1 Å². The summed E-state index contributed by atoms with van der Waals surface area (Å²) in [4.78, 5) is 9.96. The second kappa shape index (κ2) is 10.0. The molecule has 0 spiro atoms. The summed E-state index contributed by atoms with van der Waals surface area (Å²) in [7, 11) is 2.60. The van der Waals surface area contributed by atoms with Crippen molar-refractivity contribution in [2.24, 2.45) is 5.73 Å². The van der Waals surface area contributed by atoms with Crippen molar-refractivity contribution in [2.75, 3.05) is 47.1 Å². The number of fused-ring (bicyclic) bond motifs is 1. The summed E-state index contributed by atoms with van der Waals surface area (Å²) >= 11 is 0. The number of rotatable bonds is 12. The average molecular weight is 429 g/mol. The number of aromatic nitrogens is 2. The molecule has 0 saturated carbocycles. The smallest absolute Gasteiger partial charge is 0.328 e. The van der Waals surface area contributed by atoms with E-state index in [-0.39, 0.29) is 19.4 Å². The molecule has 1 aromatic carbocycles. The van der Waals surface area contributed by atoms with Gasteiger partial charge in [-0.3, -0.25) is 4.57 Å². The van der Waals surface area contributed by atoms with E-state index in [1.807, 2.05) is 18.2 Å². The number of hydrogen-bond donors (Lipinski definition) is 2. The van der Waals surface area contributed by atoms with Crippen molar-refractivity contribution in [3.63, 3.8) is 0 Å². The van der Waals surface area contributed by atoms with Gasteiger partial charge >= 0.3 is 7.60 Å². The Balaban J connectivity index is 1.95. The first kappa shape index (κ1) is 23.8. The number of ether oxygens (including phenoxy) is 1. The fourth-order valence-corrected chi connectivity index (χ4v) is 4.57. The van der Waals surface area contributed by atoms with E-state index in [1.54, 1.807) is 0 Å². The summed E-state index contributed by atoms with van der Waals surface area (Å²) in [6, 6.07) is 5.93. The van der Waals surface area contributed by atoms with Gasteiger partial charge in [0.25, 0.3) is 5.82 Å². The van der Waals surface area contributed by atoms with E-state index in [1.165, 1.54) is 0 Å². The van der Waals surface area contributed by atoms with Crippen molar-refractivity contribution in [1.29, 1.82) is 0 Å². The van der Waals surface area contributed by atoms with E-state index < -0.39 is 7.60 Å². The lowest BCUT2D eigenvalue weighted by molar-refractivity contribution is -0.870. The molecular formula is C20H37N4O4P+2. The van der Waals surface area contributed by atoms with Crippen molar-refractivity contribution in [2.45, 2.75) is 39.9 Å². The molecule has 0 amide bonds. The first-order chi connectivity index (χ1) is 13.6. The summed E-state index contributed by atoms with van der Waals surface area (Å²) in [5.74, 6) is 1.79. The van der Waals surface area contributed by atoms with Gasteiger partial charge in [-0.05, 0) is 26.0 Å². The maximum atomic E-state index is 12.1. The van der Waals surface area contributed by atoms with Crippen LogP contribution >= 0.6 is 7.60 Å². The molecule has 0 saturated heterocycles. The van der Waals surface area contributed by atoms with E-state index >= 15 is 0 Å². The Hall–Kier alpha value is -1.44. The molecule has 164 valence electrons. The highest BCUT2D eigenvalue weighted by atomic mass is 31.2. The van der Waals surface area contributed by atoms with Crippen LogP contribution in [0.2, 0.25) is 0 Å². The molecule has 3 N–H and O–H groups in total. The molecule has 0 bridgehead atoms. The third-order valence-electron chi connectivity index (χ3n) is 4.88. The molecule has 0 aliphatic carbocycles. The van der Waals surface area contributed by atoms with E-state index in [9.17, 15) is 9.46 Å². The topological polar surface area (TPSA) is 90.6 Å². The van der Waals surface area contributed by atoms with Crippen molar-refractivity contribution < 1.29 is 27.8 Å². The molecule has 2 rings (SSSR count). The van der Waals surface area contributed by atoms with Gasteiger partial charge in [0.15, 0.2) is 11.0 Å². The molecule has 2 aromatic rings. The second-order valence-electron chi connectivity index (χ2n) is 8.17. The number of benzene rings is 1. The third kappa shape index (κ3) is 6.52. The minimum Gasteiger partial charge on any atom is -0.491 e. The maximum absolute atomic E-state index is 12.1. The van der Waals surface area contributed by atoms with Crippen LogP contribution in [0.25, 0.3) is 11.0 Å². The van der Waals surface area contributed by atoms with Crippen LogP contribution in [0.1, 0.15) is 26.1 Å². The van der Waals surface area contributed by atoms with E-state index in [0.717, 1.165) is 41.0 Å². The molecule has 1 atom stereocenters. The average Bonchev–Trinajstić information content (AvgIpc) is 2.95. The van der Waals surface area contributed by atoms with Gasteiger partial charge in [0.1, 0.15) is 12.4 Å². The second-order valence-corrected chi connectivity index (χ2v) is 10.1. The number of hydrogen-bond acceptors (Lipinski definition) is 4. The standard InChI is InChI=1S/C20H36N4O4P/c1-6-22-18-10-9-17(15-19(18)23(7-2)20(22)16-21)27-12-13-28-29(25,26)14-8-11-24(3,4)5/h9-10,15H,6-8,11-14,16,21H2,1-5H3/q+1/p+1. The predicted octanol–water partition coefficient (Wildman–Crippen LogP) is 2.10. The molecule has 0 radical (unpaired) electrons. The van der Waals surface area contributed by atoms with Gasteiger partial charge in [-0.1, -0.05) is 0 Å². The molecule has 1 aromatic heterocycles. The molecule has 0 fully saturated rings. The van der Waals surface area contributed by atoms with Crippen LogP contribution in [0.3, 0.4) is 0 Å². The first-order valence-electron chi connectivity index (χ1n) is 10.3. The number of nitrogens with zero attached hydrogens (tertiary/aromatic N) is 3. The molecule has 8 nitrogen and oxygen atoms in total. The van der Waals surface area contributed by atoms with Crippen molar-refractivity contribution in [3.05, 3.63) is 24.0 Å². The van der Waals surface area contributed by atoms with Gasteiger partial charge in [-0.2, -0.15) is 0 Å². The largest absolute Gasteiger partial charge is 0.491 e. The van der Waals surface area contributed by atoms with Crippen LogP contribution in [-0.2, 0) is 28.7 Å². The molecule has 0 aliphatic rings. The Labute approximate surface area is 174 Å². The van der Waals surface area contributed by atoms with Crippen LogP contribution < -0.4 is 15.0 Å². The SMILES string of the molecule is CCn1c(CN)[n+](CC)c2ccc(OCCOP(=O)(O)CCC[N+](C)(C)C)cc21. The first-order valence-corrected chi connectivity index (χ1v) is 12.0. The zero-order valence-corrected chi connectivity index (χ0v) is 19.3. The van der Waals surface area contributed by atoms with Gasteiger partial charge in [-0.25, -0.2) is 9.13 Å². The fraction of sp³-hybridized carbons (Fsp3) is 0.650. The Bertz CT molecular complexity index is 860. The number of quaternary nitrogens is 1. The molecular weight excluding hydrogens is 391 g/mol. The Kier molecular flexibility index (Phi) is 8.26. The Morgan fingerprint density at radius 2 is 1.97 bits per heavy atom. The lowest BCUT2D eigenvalue weighted by Gasteiger charge is -2.24. The minimum absolute atomic E-state index is 0.0774. The van der Waals surface area contributed by atoms with Gasteiger partial charge < -0.3 is 24.4 Å². The lowest BCUT2D eigenvalue weighted by Crippen LogP contribution is -2.38. The van der Waals surface area contributed by atoms with Gasteiger partial charge in [0, 0.05) is 12.5 Å². The quantitative estimate of drug-likeness (QED) is 0.234. The van der Waals surface area contributed by atoms with E-state index in [0.29, 0.717) is 18.7 Å². The Morgan fingerprint density at radius 3 is 2.55 bits per heavy atom. The van der Waals surface area contributed by atoms with E-state index in [4.69, 9.17) is 15.0 Å². The molecule has 9 heteroatoms. The number of nitrogens with two attached hydrogens (primary N) is 1. The summed E-state index contributed by atoms with van der Waals surface area (Å²) in [6.45, 7) is 7.47. The molecule has 29 heavy (non-hydrogen) atoms. The molecule has 1 heterocycles. The van der Waals surface area contributed by atoms with Crippen molar-refractivity contribution >= 4 is 18.6 Å². The monoisotopic (exact) mass is 428 g/mol. The minimum atomic E-state index is -3.57. The van der Waals surface area contributed by atoms with Crippen LogP contribution in [0.4, 0.5) is 0 Å². The van der Waals surface area contributed by atoms with E-state index in [2.05, 4.69) is 44.1 Å². The summed E-state index contributed by atoms with van der Waals surface area (Å²) in [6.07, 6.45) is 0.807. The van der Waals surface area contributed by atoms with Crippen molar-refractivity contribution in [3.8, 4) is 5.75 Å². The third-order valence-corrected chi connectivity index (χ3v) is 6.35. The van der Waals surface area contributed by atoms with Gasteiger partial charge in [0.2, 0.25) is 0 Å². The van der Waals surface area contributed by atoms with Gasteiger partial charge in [-0.15, -0.1) is 0 Å². The van der Waals surface area contributed by atoms with Crippen molar-refractivity contribution in [1.82, 2.24) is 4.57 Å². The molecule has 1 unspecified atom stereocenters. The summed E-state index contributed by atoms with van der Waals surface area (Å²) < 4.78 is 28.3. The summed E-state index contributed by atoms with van der Waals surface area (Å²) in [5.41, 5.74) is 8.15. The fourth-order valence-electron chi connectivity index (χ4n) is 3.54. The normalized spacial score (nSPS) is 14.3. The highest BCUT2D eigenvalue weighted by Gasteiger charge is 2.23. The zero-order valence-electron chi connectivity index (χ0n) is 18.4. The highest BCUT2D eigenvalue weighted by Crippen LogP contribution is 2.42. The number of imidazole rings is 1. The van der Waals surface area contributed by atoms with Crippen LogP contribution in [0, 0.1) is 0 Å². The predicted molar refractivity (Wildman–Crippen MR) is 115 cm³/mol. The highest BCUT2D eigenvalue weighted by molar-refractivity contribution is 7.52. The zero-order chi connectivity index (χ0) is 21.7. The lowest BCUT2D eigenvalue weighted by atomic mass is 10.3. The van der Waals surface area contributed by atoms with Crippen LogP contribution in [-0.4, -0.2) is 61.0 Å². The molecule has 0 aliphatic heterocycles. The maximum Gasteiger partial charge on any atom is 0.328 e. The van der Waals surface area contributed by atoms with Crippen LogP contribution in [0.15, 0.2) is 18.2 Å². The summed E-state index contributed by atoms with van der Waals surface area (Å²) in [5, 5.41) is 0.